The molecule has 0 saturated carbocycles. The van der Waals surface area contributed by atoms with Crippen molar-refractivity contribution in [3.05, 3.63) is 41.5 Å². The van der Waals surface area contributed by atoms with Crippen LogP contribution in [-0.2, 0) is 6.42 Å². The Bertz CT molecular complexity index is 394. The molecule has 0 amide bonds. The number of hydrogen-bond acceptors (Lipinski definition) is 3. The number of benzene rings is 1. The Morgan fingerprint density at radius 3 is 2.50 bits per heavy atom. The molecule has 1 aromatic rings. The molecule has 20 heavy (non-hydrogen) atoms. The highest BCUT2D eigenvalue weighted by Gasteiger charge is 1.97. The minimum absolute atomic E-state index is 0.919. The molecule has 0 aliphatic rings. The van der Waals surface area contributed by atoms with Crippen LogP contribution in [0, 0.1) is 0 Å². The fraction of sp³-hybridized carbons (Fsp3) is 0.529. The molecule has 0 aromatic heterocycles. The molecule has 0 saturated heterocycles. The third-order valence-electron chi connectivity index (χ3n) is 3.23. The van der Waals surface area contributed by atoms with Gasteiger partial charge in [0, 0.05) is 19.6 Å². The summed E-state index contributed by atoms with van der Waals surface area (Å²) >= 11 is 0. The lowest BCUT2D eigenvalue weighted by molar-refractivity contribution is 0.365. The Morgan fingerprint density at radius 1 is 1.20 bits per heavy atom. The minimum Gasteiger partial charge on any atom is -0.497 e. The van der Waals surface area contributed by atoms with E-state index >= 15 is 0 Å². The van der Waals surface area contributed by atoms with Gasteiger partial charge >= 0.3 is 0 Å². The van der Waals surface area contributed by atoms with E-state index in [2.05, 4.69) is 49.3 Å². The highest BCUT2D eigenvalue weighted by atomic mass is 16.5. The van der Waals surface area contributed by atoms with Gasteiger partial charge in [0.1, 0.15) is 5.75 Å². The highest BCUT2D eigenvalue weighted by molar-refractivity contribution is 5.27. The van der Waals surface area contributed by atoms with Gasteiger partial charge in [0.2, 0.25) is 0 Å². The number of nitrogens with zero attached hydrogens (tertiary/aromatic N) is 1. The molecule has 3 nitrogen and oxygen atoms in total. The first-order valence-corrected chi connectivity index (χ1v) is 7.27. The zero-order valence-electron chi connectivity index (χ0n) is 13.3. The quantitative estimate of drug-likeness (QED) is 0.554. The van der Waals surface area contributed by atoms with Crippen molar-refractivity contribution in [1.82, 2.24) is 10.2 Å². The van der Waals surface area contributed by atoms with Gasteiger partial charge in [0.15, 0.2) is 0 Å². The Morgan fingerprint density at radius 2 is 1.90 bits per heavy atom. The van der Waals surface area contributed by atoms with Crippen molar-refractivity contribution in [2.24, 2.45) is 0 Å². The van der Waals surface area contributed by atoms with Crippen LogP contribution in [0.2, 0.25) is 0 Å². The molecular formula is C17H28N2O. The largest absolute Gasteiger partial charge is 0.497 e. The lowest BCUT2D eigenvalue weighted by Gasteiger charge is -2.15. The Hall–Kier alpha value is -1.32. The summed E-state index contributed by atoms with van der Waals surface area (Å²) in [6, 6.07) is 8.29. The SMILES string of the molecule is COc1ccc(CCNCCN(C)CC=C(C)C)cc1. The normalized spacial score (nSPS) is 10.7. The van der Waals surface area contributed by atoms with Crippen LogP contribution in [0.15, 0.2) is 35.9 Å². The average molecular weight is 276 g/mol. The maximum Gasteiger partial charge on any atom is 0.118 e. The zero-order chi connectivity index (χ0) is 14.8. The van der Waals surface area contributed by atoms with E-state index in [1.54, 1.807) is 7.11 Å². The number of methoxy groups -OCH3 is 1. The maximum absolute atomic E-state index is 5.15. The van der Waals surface area contributed by atoms with Crippen molar-refractivity contribution >= 4 is 0 Å². The van der Waals surface area contributed by atoms with Gasteiger partial charge < -0.3 is 15.0 Å². The molecule has 0 aliphatic carbocycles. The Kier molecular flexibility index (Phi) is 8.00. The van der Waals surface area contributed by atoms with E-state index in [9.17, 15) is 0 Å². The molecule has 3 heteroatoms. The third kappa shape index (κ3) is 7.31. The Labute approximate surface area is 123 Å². The summed E-state index contributed by atoms with van der Waals surface area (Å²) in [5, 5.41) is 3.49. The van der Waals surface area contributed by atoms with Crippen molar-refractivity contribution in [1.29, 1.82) is 0 Å². The van der Waals surface area contributed by atoms with E-state index in [0.717, 1.165) is 38.3 Å². The molecule has 0 aliphatic heterocycles. The van der Waals surface area contributed by atoms with Crippen LogP contribution < -0.4 is 10.1 Å². The number of ether oxygens (including phenoxy) is 1. The van der Waals surface area contributed by atoms with Crippen molar-refractivity contribution < 1.29 is 4.74 Å². The van der Waals surface area contributed by atoms with Crippen molar-refractivity contribution in [2.45, 2.75) is 20.3 Å². The molecule has 0 fully saturated rings. The van der Waals surface area contributed by atoms with Crippen molar-refractivity contribution in [3.63, 3.8) is 0 Å². The maximum atomic E-state index is 5.15. The summed E-state index contributed by atoms with van der Waals surface area (Å²) in [4.78, 5) is 2.33. The predicted octanol–water partition coefficient (Wildman–Crippen LogP) is 2.73. The molecule has 1 N–H and O–H groups in total. The Balaban J connectivity index is 2.10. The van der Waals surface area contributed by atoms with E-state index in [1.165, 1.54) is 11.1 Å². The summed E-state index contributed by atoms with van der Waals surface area (Å²) in [5.74, 6) is 0.919. The summed E-state index contributed by atoms with van der Waals surface area (Å²) in [6.45, 7) is 8.43. The molecule has 112 valence electrons. The second-order valence-electron chi connectivity index (χ2n) is 5.39. The minimum atomic E-state index is 0.919. The van der Waals surface area contributed by atoms with Gasteiger partial charge in [-0.05, 0) is 51.6 Å². The first kappa shape index (κ1) is 16.7. The fourth-order valence-electron chi connectivity index (χ4n) is 1.85. The van der Waals surface area contributed by atoms with E-state index in [0.29, 0.717) is 0 Å². The molecule has 0 heterocycles. The number of allylic oxidation sites excluding steroid dienone is 1. The second-order valence-corrected chi connectivity index (χ2v) is 5.39. The molecule has 0 bridgehead atoms. The predicted molar refractivity (Wildman–Crippen MR) is 86.5 cm³/mol. The third-order valence-corrected chi connectivity index (χ3v) is 3.23. The molecule has 1 rings (SSSR count). The summed E-state index contributed by atoms with van der Waals surface area (Å²) in [7, 11) is 3.85. The van der Waals surface area contributed by atoms with Crippen LogP contribution >= 0.6 is 0 Å². The first-order chi connectivity index (χ1) is 9.61. The van der Waals surface area contributed by atoms with Gasteiger partial charge in [-0.1, -0.05) is 23.8 Å². The van der Waals surface area contributed by atoms with Gasteiger partial charge in [-0.2, -0.15) is 0 Å². The summed E-state index contributed by atoms with van der Waals surface area (Å²) < 4.78 is 5.15. The first-order valence-electron chi connectivity index (χ1n) is 7.27. The number of hydrogen-bond donors (Lipinski definition) is 1. The van der Waals surface area contributed by atoms with Gasteiger partial charge in [0.05, 0.1) is 7.11 Å². The molecule has 1 aromatic carbocycles. The van der Waals surface area contributed by atoms with Gasteiger partial charge in [-0.15, -0.1) is 0 Å². The number of likely N-dealkylation sites (N-methyl/N-ethyl adjacent to an activating group) is 1. The average Bonchev–Trinajstić information content (AvgIpc) is 2.45. The smallest absolute Gasteiger partial charge is 0.118 e. The molecule has 0 spiro atoms. The van der Waals surface area contributed by atoms with Crippen molar-refractivity contribution in [3.8, 4) is 5.75 Å². The van der Waals surface area contributed by atoms with E-state index in [1.807, 2.05) is 12.1 Å². The number of rotatable bonds is 9. The fourth-order valence-corrected chi connectivity index (χ4v) is 1.85. The van der Waals surface area contributed by atoms with Crippen LogP contribution in [0.3, 0.4) is 0 Å². The summed E-state index contributed by atoms with van der Waals surface area (Å²) in [5.41, 5.74) is 2.72. The standard InChI is InChI=1S/C17H28N2O/c1-15(2)10-13-19(3)14-12-18-11-9-16-5-7-17(20-4)8-6-16/h5-8,10,18H,9,11-14H2,1-4H3. The van der Waals surface area contributed by atoms with E-state index in [4.69, 9.17) is 4.74 Å². The zero-order valence-corrected chi connectivity index (χ0v) is 13.3. The van der Waals surface area contributed by atoms with Gasteiger partial charge in [0.25, 0.3) is 0 Å². The summed E-state index contributed by atoms with van der Waals surface area (Å²) in [6.07, 6.45) is 3.32. The van der Waals surface area contributed by atoms with E-state index in [-0.39, 0.29) is 0 Å². The lowest BCUT2D eigenvalue weighted by Crippen LogP contribution is -2.30. The molecule has 0 unspecified atom stereocenters. The second kappa shape index (κ2) is 9.56. The van der Waals surface area contributed by atoms with Gasteiger partial charge in [-0.3, -0.25) is 0 Å². The van der Waals surface area contributed by atoms with Crippen LogP contribution in [0.1, 0.15) is 19.4 Å². The van der Waals surface area contributed by atoms with E-state index < -0.39 is 0 Å². The van der Waals surface area contributed by atoms with Crippen molar-refractivity contribution in [2.75, 3.05) is 40.3 Å². The lowest BCUT2D eigenvalue weighted by atomic mass is 10.1. The van der Waals surface area contributed by atoms with Crippen LogP contribution in [0.5, 0.6) is 5.75 Å². The van der Waals surface area contributed by atoms with Crippen LogP contribution in [-0.4, -0.2) is 45.2 Å². The number of nitrogens with one attached hydrogen (secondary N) is 1. The van der Waals surface area contributed by atoms with Gasteiger partial charge in [-0.25, -0.2) is 0 Å². The topological polar surface area (TPSA) is 24.5 Å². The molecule has 0 atom stereocenters. The monoisotopic (exact) mass is 276 g/mol. The van der Waals surface area contributed by atoms with Crippen LogP contribution in [0.25, 0.3) is 0 Å². The molecular weight excluding hydrogens is 248 g/mol. The molecule has 0 radical (unpaired) electrons. The van der Waals surface area contributed by atoms with Crippen LogP contribution in [0.4, 0.5) is 0 Å². The highest BCUT2D eigenvalue weighted by Crippen LogP contribution is 2.11.